The first-order chi connectivity index (χ1) is 15.8. The van der Waals surface area contributed by atoms with Crippen LogP contribution >= 0.6 is 0 Å². The van der Waals surface area contributed by atoms with Gasteiger partial charge in [0.05, 0.1) is 18.9 Å². The molecular weight excluding hydrogens is 424 g/mol. The number of hydrogen-bond donors (Lipinski definition) is 0. The van der Waals surface area contributed by atoms with Crippen molar-refractivity contribution in [2.24, 2.45) is 0 Å². The van der Waals surface area contributed by atoms with Gasteiger partial charge in [-0.2, -0.15) is 0 Å². The average molecular weight is 453 g/mol. The highest BCUT2D eigenvalue weighted by molar-refractivity contribution is 6.05. The number of anilines is 1. The Morgan fingerprint density at radius 1 is 1.09 bits per heavy atom. The fraction of sp³-hybridized carbons (Fsp3) is 0.400. The van der Waals surface area contributed by atoms with Crippen LogP contribution in [0.15, 0.2) is 36.4 Å². The van der Waals surface area contributed by atoms with Gasteiger partial charge >= 0.3 is 0 Å². The van der Waals surface area contributed by atoms with Crippen LogP contribution in [0.5, 0.6) is 11.5 Å². The van der Waals surface area contributed by atoms with Crippen molar-refractivity contribution in [3.8, 4) is 11.5 Å². The summed E-state index contributed by atoms with van der Waals surface area (Å²) in [4.78, 5) is 41.8. The Kier molecular flexibility index (Phi) is 6.65. The van der Waals surface area contributed by atoms with Gasteiger partial charge in [0, 0.05) is 18.7 Å². The van der Waals surface area contributed by atoms with Gasteiger partial charge in [0.15, 0.2) is 19.0 Å². The molecule has 8 heteroatoms. The molecule has 0 N–H and O–H groups in total. The average Bonchev–Trinajstić information content (AvgIpc) is 2.82. The Hall–Kier alpha value is -3.39. The molecule has 2 aliphatic heterocycles. The van der Waals surface area contributed by atoms with Crippen LogP contribution in [0.1, 0.15) is 28.4 Å². The number of morpholine rings is 1. The lowest BCUT2D eigenvalue weighted by Crippen LogP contribution is -2.54. The summed E-state index contributed by atoms with van der Waals surface area (Å²) in [5.41, 5.74) is 2.87. The number of carbonyl (C=O) groups is 3. The minimum Gasteiger partial charge on any atom is -0.485 e. The van der Waals surface area contributed by atoms with E-state index in [0.717, 1.165) is 11.1 Å². The molecule has 0 aromatic heterocycles. The summed E-state index contributed by atoms with van der Waals surface area (Å²) in [6.45, 7) is 7.26. The summed E-state index contributed by atoms with van der Waals surface area (Å²) in [6, 6.07) is 9.95. The lowest BCUT2D eigenvalue weighted by atomic mass is 10.1. The molecular formula is C25H28N2O6. The zero-order chi connectivity index (χ0) is 23.5. The third kappa shape index (κ3) is 4.85. The number of nitrogens with zero attached hydrogens (tertiary/aromatic N) is 2. The van der Waals surface area contributed by atoms with E-state index >= 15 is 0 Å². The van der Waals surface area contributed by atoms with E-state index < -0.39 is 6.04 Å². The summed E-state index contributed by atoms with van der Waals surface area (Å²) < 4.78 is 16.6. The number of benzene rings is 2. The van der Waals surface area contributed by atoms with Gasteiger partial charge in [-0.3, -0.25) is 19.3 Å². The minimum atomic E-state index is -0.727. The van der Waals surface area contributed by atoms with E-state index in [1.807, 2.05) is 32.0 Å². The molecule has 1 atom stereocenters. The maximum absolute atomic E-state index is 13.0. The molecule has 33 heavy (non-hydrogen) atoms. The Morgan fingerprint density at radius 2 is 1.85 bits per heavy atom. The molecule has 2 aromatic carbocycles. The van der Waals surface area contributed by atoms with Crippen LogP contribution < -0.4 is 14.4 Å². The van der Waals surface area contributed by atoms with Gasteiger partial charge in [-0.05, 0) is 50.6 Å². The van der Waals surface area contributed by atoms with E-state index in [1.54, 1.807) is 30.0 Å². The van der Waals surface area contributed by atoms with Crippen molar-refractivity contribution in [3.05, 3.63) is 53.1 Å². The predicted molar refractivity (Wildman–Crippen MR) is 122 cm³/mol. The van der Waals surface area contributed by atoms with E-state index in [1.165, 1.54) is 4.90 Å². The van der Waals surface area contributed by atoms with Crippen LogP contribution in [0.2, 0.25) is 0 Å². The predicted octanol–water partition coefficient (Wildman–Crippen LogP) is 2.54. The van der Waals surface area contributed by atoms with Crippen molar-refractivity contribution in [2.45, 2.75) is 26.8 Å². The monoisotopic (exact) mass is 452 g/mol. The van der Waals surface area contributed by atoms with Crippen molar-refractivity contribution in [3.63, 3.8) is 0 Å². The molecule has 4 rings (SSSR count). The molecule has 8 nitrogen and oxygen atoms in total. The van der Waals surface area contributed by atoms with Gasteiger partial charge in [-0.1, -0.05) is 17.7 Å². The highest BCUT2D eigenvalue weighted by Crippen LogP contribution is 2.35. The number of Topliss-reactive ketones (excluding diaryl/α,β-unsaturated/α-hetero) is 1. The SMILES string of the molecule is Cc1ccc(OCC(=O)c2ccc3c(c2)N(C(C)C(=O)N2CCOCC2)C(=O)CO3)c(C)c1. The highest BCUT2D eigenvalue weighted by atomic mass is 16.5. The number of ether oxygens (including phenoxy) is 3. The molecule has 1 fully saturated rings. The maximum Gasteiger partial charge on any atom is 0.265 e. The standard InChI is InChI=1S/C25H28N2O6/c1-16-4-6-22(17(2)12-16)32-14-21(28)19-5-7-23-20(13-19)27(24(29)15-33-23)18(3)25(30)26-8-10-31-11-9-26/h4-7,12-13,18H,8-11,14-15H2,1-3H3. The van der Waals surface area contributed by atoms with Gasteiger partial charge in [-0.15, -0.1) is 0 Å². The lowest BCUT2D eigenvalue weighted by molar-refractivity contribution is -0.138. The smallest absolute Gasteiger partial charge is 0.265 e. The normalized spacial score (nSPS) is 16.6. The Balaban J connectivity index is 1.53. The fourth-order valence-corrected chi connectivity index (χ4v) is 4.12. The van der Waals surface area contributed by atoms with Crippen molar-refractivity contribution in [1.29, 1.82) is 0 Å². The number of fused-ring (bicyclic) bond motifs is 1. The van der Waals surface area contributed by atoms with Gasteiger partial charge < -0.3 is 19.1 Å². The Labute approximate surface area is 193 Å². The molecule has 0 saturated carbocycles. The topological polar surface area (TPSA) is 85.4 Å². The van der Waals surface area contributed by atoms with Gasteiger partial charge in [0.2, 0.25) is 5.91 Å². The van der Waals surface area contributed by atoms with Crippen LogP contribution in [0.3, 0.4) is 0 Å². The van der Waals surface area contributed by atoms with E-state index in [2.05, 4.69) is 0 Å². The van der Waals surface area contributed by atoms with E-state index in [0.29, 0.717) is 49.1 Å². The molecule has 2 amide bonds. The van der Waals surface area contributed by atoms with Crippen molar-refractivity contribution >= 4 is 23.3 Å². The molecule has 1 unspecified atom stereocenters. The highest BCUT2D eigenvalue weighted by Gasteiger charge is 2.36. The van der Waals surface area contributed by atoms with Crippen LogP contribution in [0.4, 0.5) is 5.69 Å². The largest absolute Gasteiger partial charge is 0.485 e. The lowest BCUT2D eigenvalue weighted by Gasteiger charge is -2.37. The van der Waals surface area contributed by atoms with Gasteiger partial charge in [0.25, 0.3) is 5.91 Å². The second-order valence-electron chi connectivity index (χ2n) is 8.33. The molecule has 2 heterocycles. The quantitative estimate of drug-likeness (QED) is 0.627. The molecule has 0 aliphatic carbocycles. The summed E-state index contributed by atoms with van der Waals surface area (Å²) in [6.07, 6.45) is 0. The van der Waals surface area contributed by atoms with E-state index in [4.69, 9.17) is 14.2 Å². The first-order valence-electron chi connectivity index (χ1n) is 11.0. The van der Waals surface area contributed by atoms with Crippen LogP contribution in [0.25, 0.3) is 0 Å². The molecule has 2 aromatic rings. The third-order valence-electron chi connectivity index (χ3n) is 5.92. The van der Waals surface area contributed by atoms with Crippen molar-refractivity contribution in [1.82, 2.24) is 4.90 Å². The first kappa shape index (κ1) is 22.8. The minimum absolute atomic E-state index is 0.139. The number of ketones is 1. The first-order valence-corrected chi connectivity index (χ1v) is 11.0. The van der Waals surface area contributed by atoms with Crippen LogP contribution in [-0.4, -0.2) is 68.1 Å². The zero-order valence-electron chi connectivity index (χ0n) is 19.1. The summed E-state index contributed by atoms with van der Waals surface area (Å²) in [5, 5.41) is 0. The summed E-state index contributed by atoms with van der Waals surface area (Å²) >= 11 is 0. The number of aryl methyl sites for hydroxylation is 2. The second-order valence-corrected chi connectivity index (χ2v) is 8.33. The Bertz CT molecular complexity index is 1080. The second kappa shape index (κ2) is 9.62. The molecule has 174 valence electrons. The van der Waals surface area contributed by atoms with E-state index in [-0.39, 0.29) is 30.8 Å². The zero-order valence-corrected chi connectivity index (χ0v) is 19.1. The summed E-state index contributed by atoms with van der Waals surface area (Å²) in [5.74, 6) is 0.393. The molecule has 0 spiro atoms. The van der Waals surface area contributed by atoms with Gasteiger partial charge in [0.1, 0.15) is 17.5 Å². The van der Waals surface area contributed by atoms with Crippen LogP contribution in [-0.2, 0) is 14.3 Å². The number of hydrogen-bond acceptors (Lipinski definition) is 6. The maximum atomic E-state index is 13.0. The third-order valence-corrected chi connectivity index (χ3v) is 5.92. The number of carbonyl (C=O) groups excluding carboxylic acids is 3. The van der Waals surface area contributed by atoms with Crippen molar-refractivity contribution < 1.29 is 28.6 Å². The molecule has 0 bridgehead atoms. The van der Waals surface area contributed by atoms with Gasteiger partial charge in [-0.25, -0.2) is 0 Å². The molecule has 1 saturated heterocycles. The number of amides is 2. The van der Waals surface area contributed by atoms with Crippen molar-refractivity contribution in [2.75, 3.05) is 44.4 Å². The number of rotatable bonds is 6. The summed E-state index contributed by atoms with van der Waals surface area (Å²) in [7, 11) is 0. The molecule has 2 aliphatic rings. The molecule has 0 radical (unpaired) electrons. The Morgan fingerprint density at radius 3 is 2.58 bits per heavy atom. The van der Waals surface area contributed by atoms with Crippen LogP contribution in [0, 0.1) is 13.8 Å². The fourth-order valence-electron chi connectivity index (χ4n) is 4.12. The van der Waals surface area contributed by atoms with E-state index in [9.17, 15) is 14.4 Å².